The Labute approximate surface area is 228 Å². The van der Waals surface area contributed by atoms with Crippen LogP contribution in [-0.4, -0.2) is 84.6 Å². The summed E-state index contributed by atoms with van der Waals surface area (Å²) in [5.74, 6) is 0. The Balaban J connectivity index is 1.29. The number of aromatic nitrogens is 1. The lowest BCUT2D eigenvalue weighted by molar-refractivity contribution is 0.0842. The molecule has 3 heterocycles. The molecule has 202 valence electrons. The fourth-order valence-electron chi connectivity index (χ4n) is 5.59. The molecule has 2 atom stereocenters. The number of benzene rings is 1. The number of fused-ring (bicyclic) bond motifs is 1. The number of nitrogens with one attached hydrogen (secondary N) is 2. The third kappa shape index (κ3) is 5.95. The number of aliphatic imine (C=N–C) groups is 1. The zero-order valence-electron chi connectivity index (χ0n) is 22.0. The van der Waals surface area contributed by atoms with Gasteiger partial charge in [0.2, 0.25) is 0 Å². The van der Waals surface area contributed by atoms with Gasteiger partial charge in [-0.05, 0) is 48.3 Å². The molecule has 0 bridgehead atoms. The van der Waals surface area contributed by atoms with Crippen LogP contribution in [-0.2, 0) is 4.74 Å². The molecule has 3 N–H and O–H groups in total. The summed E-state index contributed by atoms with van der Waals surface area (Å²) in [4.78, 5) is 25.8. The van der Waals surface area contributed by atoms with Gasteiger partial charge >= 0.3 is 0 Å². The van der Waals surface area contributed by atoms with E-state index in [9.17, 15) is 9.90 Å². The number of allylic oxidation sites excluding steroid dienone is 1. The molecule has 1 aromatic heterocycles. The molecule has 0 saturated carbocycles. The Morgan fingerprint density at radius 1 is 1.26 bits per heavy atom. The second kappa shape index (κ2) is 12.0. The van der Waals surface area contributed by atoms with Crippen LogP contribution in [0.15, 0.2) is 69.2 Å². The van der Waals surface area contributed by atoms with Crippen molar-refractivity contribution in [3.63, 3.8) is 0 Å². The largest absolute Gasteiger partial charge is 0.387 e. The molecule has 1 aliphatic carbocycles. The molecule has 0 radical (unpaired) electrons. The lowest BCUT2D eigenvalue weighted by atomic mass is 9.91. The highest BCUT2D eigenvalue weighted by molar-refractivity contribution is 6.30. The number of ether oxygens (including phenoxy) is 1. The summed E-state index contributed by atoms with van der Waals surface area (Å²) >= 11 is 6.08. The number of nitrogens with zero attached hydrogens (tertiary/aromatic N) is 3. The van der Waals surface area contributed by atoms with Crippen molar-refractivity contribution >= 4 is 23.0 Å². The number of aliphatic hydroxyl groups excluding tert-OH is 1. The highest BCUT2D eigenvalue weighted by Gasteiger charge is 2.31. The average molecular weight is 538 g/mol. The van der Waals surface area contributed by atoms with Crippen molar-refractivity contribution in [2.75, 3.05) is 58.3 Å². The SMILES string of the molecule is COCCN1CCN(C2C=C3CC(c4c(NCC(O)c5cccc(Cl)c5)cc[nH]c4=O)=NC3=C(C)C2)CC1. The topological polar surface area (TPSA) is 93.2 Å². The number of rotatable bonds is 9. The number of pyridine rings is 1. The Kier molecular flexibility index (Phi) is 8.45. The molecular formula is C29H36ClN5O3. The second-order valence-electron chi connectivity index (χ2n) is 10.2. The molecule has 8 nitrogen and oxygen atoms in total. The number of halogens is 1. The van der Waals surface area contributed by atoms with Gasteiger partial charge in [0.15, 0.2) is 0 Å². The van der Waals surface area contributed by atoms with Crippen LogP contribution in [0.5, 0.6) is 0 Å². The number of methoxy groups -OCH3 is 1. The van der Waals surface area contributed by atoms with E-state index in [2.05, 4.69) is 33.1 Å². The van der Waals surface area contributed by atoms with Gasteiger partial charge in [0, 0.05) is 70.1 Å². The van der Waals surface area contributed by atoms with Crippen molar-refractivity contribution in [1.29, 1.82) is 0 Å². The average Bonchev–Trinajstić information content (AvgIpc) is 3.35. The van der Waals surface area contributed by atoms with Gasteiger partial charge in [0.25, 0.3) is 5.56 Å². The number of aliphatic hydroxyl groups is 1. The first-order chi connectivity index (χ1) is 18.4. The van der Waals surface area contributed by atoms with Crippen molar-refractivity contribution in [1.82, 2.24) is 14.8 Å². The summed E-state index contributed by atoms with van der Waals surface area (Å²) in [6.07, 6.45) is 4.79. The minimum absolute atomic E-state index is 0.188. The van der Waals surface area contributed by atoms with Gasteiger partial charge < -0.3 is 20.1 Å². The minimum atomic E-state index is -0.766. The predicted molar refractivity (Wildman–Crippen MR) is 152 cm³/mol. The summed E-state index contributed by atoms with van der Waals surface area (Å²) in [5, 5.41) is 14.5. The van der Waals surface area contributed by atoms with Crippen LogP contribution >= 0.6 is 11.6 Å². The lowest BCUT2D eigenvalue weighted by Gasteiger charge is -2.39. The van der Waals surface area contributed by atoms with E-state index in [0.717, 1.165) is 62.7 Å². The number of anilines is 1. The quantitative estimate of drug-likeness (QED) is 0.452. The Morgan fingerprint density at radius 3 is 2.84 bits per heavy atom. The van der Waals surface area contributed by atoms with Gasteiger partial charge in [0.05, 0.1) is 35.4 Å². The maximum Gasteiger partial charge on any atom is 0.259 e. The zero-order chi connectivity index (χ0) is 26.6. The monoisotopic (exact) mass is 537 g/mol. The molecule has 1 saturated heterocycles. The van der Waals surface area contributed by atoms with Gasteiger partial charge in [0.1, 0.15) is 0 Å². The standard InChI is InChI=1S/C29H36ClN5O3/c1-19-14-23(35-10-8-34(9-11-35)12-13-38-2)16-21-17-25(33-28(19)21)27-24(6-7-31-29(27)37)32-18-26(36)20-4-3-5-22(30)15-20/h3-7,15-16,23,26,36H,8-14,17-18H2,1-2H3,(H2,31,32,37). The molecule has 5 rings (SSSR count). The highest BCUT2D eigenvalue weighted by atomic mass is 35.5. The van der Waals surface area contributed by atoms with Crippen molar-refractivity contribution in [2.45, 2.75) is 31.9 Å². The van der Waals surface area contributed by atoms with Crippen LogP contribution in [0.3, 0.4) is 0 Å². The first kappa shape index (κ1) is 26.8. The third-order valence-corrected chi connectivity index (χ3v) is 7.91. The van der Waals surface area contributed by atoms with Crippen molar-refractivity contribution in [3.05, 3.63) is 86.0 Å². The molecule has 0 spiro atoms. The minimum Gasteiger partial charge on any atom is -0.387 e. The summed E-state index contributed by atoms with van der Waals surface area (Å²) in [6, 6.07) is 9.35. The Hall–Kier alpha value is -2.75. The fourth-order valence-corrected chi connectivity index (χ4v) is 5.79. The molecule has 3 aliphatic rings. The van der Waals surface area contributed by atoms with Gasteiger partial charge in [-0.25, -0.2) is 0 Å². The molecule has 1 fully saturated rings. The smallest absolute Gasteiger partial charge is 0.259 e. The fraction of sp³-hybridized carbons (Fsp3) is 0.448. The Morgan fingerprint density at radius 2 is 2.08 bits per heavy atom. The summed E-state index contributed by atoms with van der Waals surface area (Å²) in [7, 11) is 1.75. The Bertz CT molecular complexity index is 1310. The van der Waals surface area contributed by atoms with Crippen LogP contribution in [0, 0.1) is 0 Å². The van der Waals surface area contributed by atoms with Crippen LogP contribution in [0.1, 0.15) is 37.0 Å². The van der Waals surface area contributed by atoms with Crippen LogP contribution in [0.4, 0.5) is 5.69 Å². The van der Waals surface area contributed by atoms with Crippen molar-refractivity contribution in [3.8, 4) is 0 Å². The highest BCUT2D eigenvalue weighted by Crippen LogP contribution is 2.37. The number of H-pyrrole nitrogens is 1. The summed E-state index contributed by atoms with van der Waals surface area (Å²) < 4.78 is 5.23. The maximum atomic E-state index is 13.0. The molecule has 2 aliphatic heterocycles. The van der Waals surface area contributed by atoms with E-state index in [-0.39, 0.29) is 12.1 Å². The van der Waals surface area contributed by atoms with E-state index >= 15 is 0 Å². The molecule has 2 aromatic rings. The van der Waals surface area contributed by atoms with E-state index in [1.807, 2.05) is 18.2 Å². The first-order valence-electron chi connectivity index (χ1n) is 13.3. The summed E-state index contributed by atoms with van der Waals surface area (Å²) in [5.41, 5.74) is 5.97. The van der Waals surface area contributed by atoms with Gasteiger partial charge in [-0.2, -0.15) is 0 Å². The normalized spacial score (nSPS) is 21.2. The van der Waals surface area contributed by atoms with E-state index in [4.69, 9.17) is 21.3 Å². The molecular weight excluding hydrogens is 502 g/mol. The van der Waals surface area contributed by atoms with Crippen LogP contribution in [0.2, 0.25) is 5.02 Å². The zero-order valence-corrected chi connectivity index (χ0v) is 22.8. The molecule has 9 heteroatoms. The van der Waals surface area contributed by atoms with Crippen LogP contribution < -0.4 is 10.9 Å². The molecule has 2 unspecified atom stereocenters. The van der Waals surface area contributed by atoms with E-state index in [1.54, 1.807) is 25.4 Å². The second-order valence-corrected chi connectivity index (χ2v) is 10.7. The third-order valence-electron chi connectivity index (χ3n) is 7.68. The molecule has 0 amide bonds. The summed E-state index contributed by atoms with van der Waals surface area (Å²) in [6.45, 7) is 8.33. The molecule has 38 heavy (non-hydrogen) atoms. The van der Waals surface area contributed by atoms with Crippen molar-refractivity contribution in [2.24, 2.45) is 4.99 Å². The van der Waals surface area contributed by atoms with E-state index < -0.39 is 6.10 Å². The van der Waals surface area contributed by atoms with Gasteiger partial charge in [-0.15, -0.1) is 0 Å². The number of hydrogen-bond acceptors (Lipinski definition) is 7. The number of aromatic amines is 1. The van der Waals surface area contributed by atoms with E-state index in [1.165, 1.54) is 11.1 Å². The first-order valence-corrected chi connectivity index (χ1v) is 13.6. The maximum absolute atomic E-state index is 13.0. The molecule has 1 aromatic carbocycles. The van der Waals surface area contributed by atoms with E-state index in [0.29, 0.717) is 28.7 Å². The van der Waals surface area contributed by atoms with Crippen molar-refractivity contribution < 1.29 is 9.84 Å². The van der Waals surface area contributed by atoms with Gasteiger partial charge in [-0.1, -0.05) is 29.8 Å². The number of hydrogen-bond donors (Lipinski definition) is 3. The van der Waals surface area contributed by atoms with Crippen LogP contribution in [0.25, 0.3) is 0 Å². The lowest BCUT2D eigenvalue weighted by Crippen LogP contribution is -2.50. The number of piperazine rings is 1. The predicted octanol–water partition coefficient (Wildman–Crippen LogP) is 3.60. The van der Waals surface area contributed by atoms with Gasteiger partial charge in [-0.3, -0.25) is 19.6 Å².